The minimum absolute atomic E-state index is 0.161. The smallest absolute Gasteiger partial charge is 0.180 e. The standard InChI is InChI=1S/C14H21NO2S/c1-3-18(16,17)14-7-5-4-6-13(14)15-10-8-12(2)9-11-15/h4-7,12H,3,8-11H2,1-2H3. The molecule has 1 heterocycles. The normalized spacial score (nSPS) is 18.0. The van der Waals surface area contributed by atoms with Crippen molar-refractivity contribution in [3.63, 3.8) is 0 Å². The summed E-state index contributed by atoms with van der Waals surface area (Å²) < 4.78 is 24.2. The molecule has 18 heavy (non-hydrogen) atoms. The van der Waals surface area contributed by atoms with E-state index in [-0.39, 0.29) is 5.75 Å². The van der Waals surface area contributed by atoms with E-state index in [0.717, 1.165) is 37.5 Å². The van der Waals surface area contributed by atoms with Crippen molar-refractivity contribution < 1.29 is 8.42 Å². The monoisotopic (exact) mass is 267 g/mol. The molecule has 3 nitrogen and oxygen atoms in total. The van der Waals surface area contributed by atoms with Gasteiger partial charge >= 0.3 is 0 Å². The SMILES string of the molecule is CCS(=O)(=O)c1ccccc1N1CCC(C)CC1. The Hall–Kier alpha value is -1.03. The third-order valence-electron chi connectivity index (χ3n) is 3.70. The Balaban J connectivity index is 2.34. The molecule has 0 bridgehead atoms. The summed E-state index contributed by atoms with van der Waals surface area (Å²) in [5.41, 5.74) is 0.881. The molecule has 2 rings (SSSR count). The van der Waals surface area contributed by atoms with Gasteiger partial charge in [0, 0.05) is 13.1 Å². The maximum absolute atomic E-state index is 12.1. The number of hydrogen-bond acceptors (Lipinski definition) is 3. The zero-order valence-electron chi connectivity index (χ0n) is 11.1. The van der Waals surface area contributed by atoms with Gasteiger partial charge < -0.3 is 4.90 Å². The van der Waals surface area contributed by atoms with Crippen LogP contribution >= 0.6 is 0 Å². The van der Waals surface area contributed by atoms with Gasteiger partial charge in [-0.15, -0.1) is 0 Å². The van der Waals surface area contributed by atoms with Crippen molar-refractivity contribution >= 4 is 15.5 Å². The minimum atomic E-state index is -3.13. The van der Waals surface area contributed by atoms with Gasteiger partial charge in [0.15, 0.2) is 9.84 Å². The van der Waals surface area contributed by atoms with Gasteiger partial charge in [-0.25, -0.2) is 8.42 Å². The molecule has 0 spiro atoms. The second kappa shape index (κ2) is 5.31. The maximum atomic E-state index is 12.1. The van der Waals surface area contributed by atoms with Crippen LogP contribution in [0.4, 0.5) is 5.69 Å². The summed E-state index contributed by atoms with van der Waals surface area (Å²) in [4.78, 5) is 2.70. The molecule has 0 radical (unpaired) electrons. The topological polar surface area (TPSA) is 37.4 Å². The second-order valence-corrected chi connectivity index (χ2v) is 7.29. The molecular weight excluding hydrogens is 246 g/mol. The lowest BCUT2D eigenvalue weighted by Crippen LogP contribution is -2.33. The van der Waals surface area contributed by atoms with Gasteiger partial charge in [0.2, 0.25) is 0 Å². The van der Waals surface area contributed by atoms with Crippen LogP contribution in [0.5, 0.6) is 0 Å². The first-order valence-electron chi connectivity index (χ1n) is 6.61. The predicted octanol–water partition coefficient (Wildman–Crippen LogP) is 2.72. The summed E-state index contributed by atoms with van der Waals surface area (Å²) in [6.45, 7) is 5.87. The summed E-state index contributed by atoms with van der Waals surface area (Å²) >= 11 is 0. The molecular formula is C14H21NO2S. The van der Waals surface area contributed by atoms with Gasteiger partial charge in [-0.2, -0.15) is 0 Å². The van der Waals surface area contributed by atoms with Crippen LogP contribution in [-0.2, 0) is 9.84 Å². The molecule has 1 aromatic carbocycles. The highest BCUT2D eigenvalue weighted by molar-refractivity contribution is 7.91. The molecule has 0 unspecified atom stereocenters. The predicted molar refractivity (Wildman–Crippen MR) is 74.8 cm³/mol. The summed E-state index contributed by atoms with van der Waals surface area (Å²) in [7, 11) is -3.13. The van der Waals surface area contributed by atoms with E-state index in [9.17, 15) is 8.42 Å². The molecule has 0 aromatic heterocycles. The molecule has 1 aliphatic rings. The first-order chi connectivity index (χ1) is 8.54. The zero-order chi connectivity index (χ0) is 13.2. The Morgan fingerprint density at radius 3 is 2.44 bits per heavy atom. The summed E-state index contributed by atoms with van der Waals surface area (Å²) in [6.07, 6.45) is 2.28. The van der Waals surface area contributed by atoms with Crippen LogP contribution in [-0.4, -0.2) is 27.3 Å². The minimum Gasteiger partial charge on any atom is -0.370 e. The number of nitrogens with zero attached hydrogens (tertiary/aromatic N) is 1. The fourth-order valence-electron chi connectivity index (χ4n) is 2.39. The fourth-order valence-corrected chi connectivity index (χ4v) is 3.50. The van der Waals surface area contributed by atoms with E-state index in [0.29, 0.717) is 4.90 Å². The molecule has 1 saturated heterocycles. The highest BCUT2D eigenvalue weighted by Gasteiger charge is 2.22. The van der Waals surface area contributed by atoms with Gasteiger partial charge in [-0.3, -0.25) is 0 Å². The number of sulfone groups is 1. The van der Waals surface area contributed by atoms with Crippen molar-refractivity contribution in [3.05, 3.63) is 24.3 Å². The van der Waals surface area contributed by atoms with Gasteiger partial charge in [-0.1, -0.05) is 26.0 Å². The molecule has 0 aliphatic carbocycles. The van der Waals surface area contributed by atoms with E-state index < -0.39 is 9.84 Å². The third-order valence-corrected chi connectivity index (χ3v) is 5.48. The number of para-hydroxylation sites is 1. The Morgan fingerprint density at radius 2 is 1.83 bits per heavy atom. The quantitative estimate of drug-likeness (QED) is 0.845. The number of rotatable bonds is 3. The van der Waals surface area contributed by atoms with E-state index >= 15 is 0 Å². The third kappa shape index (κ3) is 2.69. The molecule has 1 aromatic rings. The van der Waals surface area contributed by atoms with Gasteiger partial charge in [0.05, 0.1) is 16.3 Å². The first-order valence-corrected chi connectivity index (χ1v) is 8.26. The molecule has 0 atom stereocenters. The Kier molecular flexibility index (Phi) is 3.95. The number of hydrogen-bond donors (Lipinski definition) is 0. The highest BCUT2D eigenvalue weighted by atomic mass is 32.2. The lowest BCUT2D eigenvalue weighted by Gasteiger charge is -2.33. The van der Waals surface area contributed by atoms with E-state index in [1.807, 2.05) is 12.1 Å². The van der Waals surface area contributed by atoms with Crippen molar-refractivity contribution in [3.8, 4) is 0 Å². The summed E-state index contributed by atoms with van der Waals surface area (Å²) in [5, 5.41) is 0. The van der Waals surface area contributed by atoms with Crippen LogP contribution in [0.25, 0.3) is 0 Å². The van der Waals surface area contributed by atoms with Crippen molar-refractivity contribution in [2.45, 2.75) is 31.6 Å². The van der Waals surface area contributed by atoms with Gasteiger partial charge in [0.1, 0.15) is 0 Å². The highest BCUT2D eigenvalue weighted by Crippen LogP contribution is 2.29. The number of anilines is 1. The van der Waals surface area contributed by atoms with Crippen molar-refractivity contribution in [1.82, 2.24) is 0 Å². The summed E-state index contributed by atoms with van der Waals surface area (Å²) in [5.74, 6) is 0.907. The Labute approximate surface area is 110 Å². The molecule has 1 fully saturated rings. The van der Waals surface area contributed by atoms with Crippen molar-refractivity contribution in [1.29, 1.82) is 0 Å². The lowest BCUT2D eigenvalue weighted by molar-refractivity contribution is 0.437. The second-order valence-electron chi connectivity index (χ2n) is 5.04. The van der Waals surface area contributed by atoms with Crippen LogP contribution in [0.2, 0.25) is 0 Å². The summed E-state index contributed by atoms with van der Waals surface area (Å²) in [6, 6.07) is 7.38. The van der Waals surface area contributed by atoms with E-state index in [4.69, 9.17) is 0 Å². The van der Waals surface area contributed by atoms with Crippen LogP contribution in [0, 0.1) is 5.92 Å². The van der Waals surface area contributed by atoms with Crippen molar-refractivity contribution in [2.24, 2.45) is 5.92 Å². The Morgan fingerprint density at radius 1 is 1.22 bits per heavy atom. The largest absolute Gasteiger partial charge is 0.370 e. The molecule has 0 saturated carbocycles. The molecule has 1 aliphatic heterocycles. The first kappa shape index (κ1) is 13.4. The Bertz CT molecular complexity index is 502. The average molecular weight is 267 g/mol. The van der Waals surface area contributed by atoms with Crippen LogP contribution in [0.1, 0.15) is 26.7 Å². The van der Waals surface area contributed by atoms with E-state index in [2.05, 4.69) is 11.8 Å². The van der Waals surface area contributed by atoms with E-state index in [1.54, 1.807) is 19.1 Å². The van der Waals surface area contributed by atoms with Crippen LogP contribution < -0.4 is 4.90 Å². The fraction of sp³-hybridized carbons (Fsp3) is 0.571. The van der Waals surface area contributed by atoms with E-state index in [1.165, 1.54) is 0 Å². The number of piperidine rings is 1. The molecule has 0 amide bonds. The van der Waals surface area contributed by atoms with Gasteiger partial charge in [0.25, 0.3) is 0 Å². The van der Waals surface area contributed by atoms with Crippen LogP contribution in [0.15, 0.2) is 29.2 Å². The van der Waals surface area contributed by atoms with Crippen LogP contribution in [0.3, 0.4) is 0 Å². The average Bonchev–Trinajstić information content (AvgIpc) is 2.40. The van der Waals surface area contributed by atoms with Crippen molar-refractivity contribution in [2.75, 3.05) is 23.7 Å². The lowest BCUT2D eigenvalue weighted by atomic mass is 9.99. The maximum Gasteiger partial charge on any atom is 0.180 e. The molecule has 4 heteroatoms. The molecule has 0 N–H and O–H groups in total. The number of benzene rings is 1. The molecule has 100 valence electrons. The zero-order valence-corrected chi connectivity index (χ0v) is 11.9. The van der Waals surface area contributed by atoms with Gasteiger partial charge in [-0.05, 0) is 30.9 Å².